The van der Waals surface area contributed by atoms with Crippen molar-refractivity contribution in [2.75, 3.05) is 13.1 Å². The first-order valence-corrected chi connectivity index (χ1v) is 8.13. The summed E-state index contributed by atoms with van der Waals surface area (Å²) in [5.41, 5.74) is 0.0690. The maximum absolute atomic E-state index is 12.0. The van der Waals surface area contributed by atoms with Crippen molar-refractivity contribution in [3.63, 3.8) is 0 Å². The van der Waals surface area contributed by atoms with Crippen LogP contribution in [0.3, 0.4) is 0 Å². The Balaban J connectivity index is 3.02. The molecule has 0 spiro atoms. The Morgan fingerprint density at radius 1 is 1.19 bits per heavy atom. The number of allylic oxidation sites excluding steroid dienone is 2. The Bertz CT molecular complexity index is 629. The molecule has 0 unspecified atom stereocenters. The third-order valence-electron chi connectivity index (χ3n) is 2.91. The number of benzene rings is 1. The normalized spacial score (nSPS) is 12.6. The summed E-state index contributed by atoms with van der Waals surface area (Å²) in [6.07, 6.45) is 2.56. The van der Waals surface area contributed by atoms with Gasteiger partial charge in [-0.2, -0.15) is 0 Å². The van der Waals surface area contributed by atoms with Crippen LogP contribution in [0.1, 0.15) is 13.8 Å². The van der Waals surface area contributed by atoms with Gasteiger partial charge in [0.15, 0.2) is 9.84 Å². The summed E-state index contributed by atoms with van der Waals surface area (Å²) < 4.78 is 24.0. The Hall–Kier alpha value is -2.08. The molecule has 0 fully saturated rings. The lowest BCUT2D eigenvalue weighted by Crippen LogP contribution is -2.27. The quantitative estimate of drug-likeness (QED) is 0.618. The van der Waals surface area contributed by atoms with E-state index in [1.165, 1.54) is 24.3 Å². The van der Waals surface area contributed by atoms with Crippen LogP contribution in [0.2, 0.25) is 0 Å². The van der Waals surface area contributed by atoms with Gasteiger partial charge in [-0.3, -0.25) is 0 Å². The van der Waals surface area contributed by atoms with Crippen LogP contribution < -0.4 is 0 Å². The second kappa shape index (κ2) is 7.64. The van der Waals surface area contributed by atoms with Crippen LogP contribution in [0.5, 0.6) is 0 Å². The second-order valence-electron chi connectivity index (χ2n) is 4.22. The maximum atomic E-state index is 12.0. The molecule has 0 bridgehead atoms. The van der Waals surface area contributed by atoms with Gasteiger partial charge in [0.05, 0.1) is 4.90 Å². The van der Waals surface area contributed by atoms with Gasteiger partial charge in [-0.25, -0.2) is 13.2 Å². The number of rotatable bonds is 7. The summed E-state index contributed by atoms with van der Waals surface area (Å²) >= 11 is 0. The number of nitrogens with zero attached hydrogens (tertiary/aromatic N) is 1. The summed E-state index contributed by atoms with van der Waals surface area (Å²) in [5.74, 6) is -1.08. The number of sulfone groups is 1. The van der Waals surface area contributed by atoms with Crippen LogP contribution in [0.25, 0.3) is 0 Å². The predicted octanol–water partition coefficient (Wildman–Crippen LogP) is 2.28. The van der Waals surface area contributed by atoms with Crippen LogP contribution >= 0.6 is 0 Å². The third-order valence-corrected chi connectivity index (χ3v) is 4.35. The van der Waals surface area contributed by atoms with Crippen molar-refractivity contribution in [2.24, 2.45) is 0 Å². The van der Waals surface area contributed by atoms with Gasteiger partial charge in [-0.05, 0) is 38.1 Å². The van der Waals surface area contributed by atoms with Gasteiger partial charge < -0.3 is 10.0 Å². The molecule has 0 atom stereocenters. The fourth-order valence-electron chi connectivity index (χ4n) is 1.80. The van der Waals surface area contributed by atoms with Crippen LogP contribution in [-0.2, 0) is 14.6 Å². The number of hydrogen-bond donors (Lipinski definition) is 1. The molecule has 0 aromatic heterocycles. The summed E-state index contributed by atoms with van der Waals surface area (Å²) in [4.78, 5) is 13.0. The van der Waals surface area contributed by atoms with Crippen molar-refractivity contribution in [2.45, 2.75) is 18.7 Å². The molecule has 0 aliphatic carbocycles. The Kier molecular flexibility index (Phi) is 6.17. The summed E-state index contributed by atoms with van der Waals surface area (Å²) in [7, 11) is -3.56. The molecule has 1 rings (SSSR count). The smallest absolute Gasteiger partial charge is 0.352 e. The van der Waals surface area contributed by atoms with E-state index in [0.717, 1.165) is 5.41 Å². The zero-order valence-corrected chi connectivity index (χ0v) is 12.9. The maximum Gasteiger partial charge on any atom is 0.352 e. The predicted molar refractivity (Wildman–Crippen MR) is 81.4 cm³/mol. The van der Waals surface area contributed by atoms with Crippen LogP contribution in [-0.4, -0.2) is 37.5 Å². The van der Waals surface area contributed by atoms with E-state index in [9.17, 15) is 13.2 Å². The van der Waals surface area contributed by atoms with Crippen molar-refractivity contribution < 1.29 is 18.3 Å². The molecule has 1 aromatic carbocycles. The second-order valence-corrected chi connectivity index (χ2v) is 6.05. The molecule has 0 radical (unpaired) electrons. The van der Waals surface area contributed by atoms with E-state index in [4.69, 9.17) is 5.11 Å². The number of carboxylic acid groups (broad SMARTS) is 1. The molecule has 1 N–H and O–H groups in total. The number of aliphatic carboxylic acids is 1. The van der Waals surface area contributed by atoms with E-state index < -0.39 is 15.8 Å². The van der Waals surface area contributed by atoms with Gasteiger partial charge in [-0.15, -0.1) is 0 Å². The largest absolute Gasteiger partial charge is 0.477 e. The minimum Gasteiger partial charge on any atom is -0.477 e. The monoisotopic (exact) mass is 309 g/mol. The number of hydrogen-bond acceptors (Lipinski definition) is 4. The van der Waals surface area contributed by atoms with Gasteiger partial charge in [0.25, 0.3) is 0 Å². The lowest BCUT2D eigenvalue weighted by atomic mass is 10.3. The molecule has 0 saturated heterocycles. The highest BCUT2D eigenvalue weighted by Crippen LogP contribution is 2.12. The first-order valence-electron chi connectivity index (χ1n) is 6.59. The van der Waals surface area contributed by atoms with E-state index in [-0.39, 0.29) is 10.6 Å². The standard InChI is InChI=1S/C15H19NO4S/c1-3-16(4-2)14(15(17)18)11-8-12-21(19,20)13-9-6-5-7-10-13/h5-12H,3-4H2,1-2H3,(H,17,18). The van der Waals surface area contributed by atoms with Crippen molar-refractivity contribution in [3.8, 4) is 0 Å². The van der Waals surface area contributed by atoms with E-state index in [0.29, 0.717) is 13.1 Å². The first-order chi connectivity index (χ1) is 9.92. The zero-order chi connectivity index (χ0) is 15.9. The fourth-order valence-corrected chi connectivity index (χ4v) is 2.78. The van der Waals surface area contributed by atoms with Gasteiger partial charge in [0.1, 0.15) is 5.70 Å². The highest BCUT2D eigenvalue weighted by molar-refractivity contribution is 7.94. The topological polar surface area (TPSA) is 74.7 Å². The molecule has 0 heterocycles. The highest BCUT2D eigenvalue weighted by Gasteiger charge is 2.13. The molecule has 0 amide bonds. The van der Waals surface area contributed by atoms with E-state index in [1.54, 1.807) is 23.1 Å². The minimum absolute atomic E-state index is 0.0690. The molecular weight excluding hydrogens is 290 g/mol. The van der Waals surface area contributed by atoms with Crippen LogP contribution in [0.4, 0.5) is 0 Å². The first kappa shape index (κ1) is 17.0. The molecule has 0 saturated carbocycles. The zero-order valence-electron chi connectivity index (χ0n) is 12.1. The van der Waals surface area contributed by atoms with Crippen molar-refractivity contribution in [3.05, 3.63) is 53.6 Å². The molecule has 6 heteroatoms. The third kappa shape index (κ3) is 4.75. The molecule has 1 aromatic rings. The number of carboxylic acids is 1. The average molecular weight is 309 g/mol. The molecule has 0 aliphatic rings. The molecule has 114 valence electrons. The van der Waals surface area contributed by atoms with Crippen molar-refractivity contribution >= 4 is 15.8 Å². The lowest BCUT2D eigenvalue weighted by Gasteiger charge is -2.20. The SMILES string of the molecule is CCN(CC)C(=CC=CS(=O)(=O)c1ccccc1)C(=O)O. The average Bonchev–Trinajstić information content (AvgIpc) is 2.47. The summed E-state index contributed by atoms with van der Waals surface area (Å²) in [6, 6.07) is 7.98. The number of carbonyl (C=O) groups is 1. The number of likely N-dealkylation sites (N-methyl/N-ethyl adjacent to an activating group) is 1. The van der Waals surface area contributed by atoms with E-state index in [1.807, 2.05) is 13.8 Å². The molecule has 5 nitrogen and oxygen atoms in total. The molecule has 0 aliphatic heterocycles. The van der Waals surface area contributed by atoms with Crippen LogP contribution in [0.15, 0.2) is 58.5 Å². The Morgan fingerprint density at radius 2 is 1.76 bits per heavy atom. The Morgan fingerprint density at radius 3 is 2.24 bits per heavy atom. The van der Waals surface area contributed by atoms with Gasteiger partial charge in [0, 0.05) is 18.5 Å². The Labute approximate surface area is 125 Å². The fraction of sp³-hybridized carbons (Fsp3) is 0.267. The van der Waals surface area contributed by atoms with Gasteiger partial charge in [-0.1, -0.05) is 18.2 Å². The molecular formula is C15H19NO4S. The molecule has 21 heavy (non-hydrogen) atoms. The van der Waals surface area contributed by atoms with E-state index >= 15 is 0 Å². The summed E-state index contributed by atoms with van der Waals surface area (Å²) in [6.45, 7) is 4.75. The van der Waals surface area contributed by atoms with Gasteiger partial charge in [0.2, 0.25) is 0 Å². The summed E-state index contributed by atoms with van der Waals surface area (Å²) in [5, 5.41) is 10.2. The van der Waals surface area contributed by atoms with Crippen molar-refractivity contribution in [1.82, 2.24) is 4.90 Å². The van der Waals surface area contributed by atoms with E-state index in [2.05, 4.69) is 0 Å². The minimum atomic E-state index is -3.56. The van der Waals surface area contributed by atoms with Gasteiger partial charge >= 0.3 is 5.97 Å². The van der Waals surface area contributed by atoms with Crippen LogP contribution in [0, 0.1) is 0 Å². The van der Waals surface area contributed by atoms with Crippen molar-refractivity contribution in [1.29, 1.82) is 0 Å². The highest BCUT2D eigenvalue weighted by atomic mass is 32.2. The lowest BCUT2D eigenvalue weighted by molar-refractivity contribution is -0.134.